The Morgan fingerprint density at radius 1 is 1.50 bits per heavy atom. The quantitative estimate of drug-likeness (QED) is 0.912. The van der Waals surface area contributed by atoms with E-state index >= 15 is 0 Å². The molecule has 0 radical (unpaired) electrons. The minimum atomic E-state index is 0.0109. The Labute approximate surface area is 121 Å². The van der Waals surface area contributed by atoms with Crippen LogP contribution in [0.25, 0.3) is 10.7 Å². The standard InChI is InChI=1S/C14H16N4OS/c1-10-8-18(7-6-15-10)14(19)12-9-20-13(17-12)11-4-2-3-5-16-11/h2-5,9-10,15H,6-8H2,1H3. The topological polar surface area (TPSA) is 58.1 Å². The van der Waals surface area contributed by atoms with Crippen molar-refractivity contribution in [1.82, 2.24) is 20.2 Å². The van der Waals surface area contributed by atoms with Crippen LogP contribution in [0.2, 0.25) is 0 Å². The van der Waals surface area contributed by atoms with Gasteiger partial charge in [-0.3, -0.25) is 9.78 Å². The van der Waals surface area contributed by atoms with Crippen molar-refractivity contribution in [2.45, 2.75) is 13.0 Å². The van der Waals surface area contributed by atoms with E-state index in [-0.39, 0.29) is 5.91 Å². The summed E-state index contributed by atoms with van der Waals surface area (Å²) in [7, 11) is 0. The Balaban J connectivity index is 1.78. The summed E-state index contributed by atoms with van der Waals surface area (Å²) in [5.74, 6) is 0.0109. The van der Waals surface area contributed by atoms with E-state index in [2.05, 4.69) is 22.2 Å². The molecule has 0 bridgehead atoms. The number of thiazole rings is 1. The van der Waals surface area contributed by atoms with E-state index in [4.69, 9.17) is 0 Å². The van der Waals surface area contributed by atoms with Crippen molar-refractivity contribution in [3.8, 4) is 10.7 Å². The maximum Gasteiger partial charge on any atom is 0.273 e. The smallest absolute Gasteiger partial charge is 0.273 e. The summed E-state index contributed by atoms with van der Waals surface area (Å²) in [6, 6.07) is 6.02. The van der Waals surface area contributed by atoms with E-state index in [1.54, 1.807) is 6.20 Å². The number of amides is 1. The number of carbonyl (C=O) groups excluding carboxylic acids is 1. The molecule has 1 N–H and O–H groups in total. The third-order valence-corrected chi connectivity index (χ3v) is 4.13. The molecule has 0 saturated carbocycles. The SMILES string of the molecule is CC1CN(C(=O)c2csc(-c3ccccn3)n2)CCN1. The normalized spacial score (nSPS) is 19.1. The predicted octanol–water partition coefficient (Wildman–Crippen LogP) is 1.64. The molecule has 0 aromatic carbocycles. The molecule has 3 heterocycles. The molecule has 1 saturated heterocycles. The first-order valence-electron chi connectivity index (χ1n) is 6.63. The highest BCUT2D eigenvalue weighted by Crippen LogP contribution is 2.22. The zero-order valence-electron chi connectivity index (χ0n) is 11.2. The van der Waals surface area contributed by atoms with Gasteiger partial charge in [0.15, 0.2) is 0 Å². The summed E-state index contributed by atoms with van der Waals surface area (Å²) in [5.41, 5.74) is 1.33. The highest BCUT2D eigenvalue weighted by molar-refractivity contribution is 7.13. The molecular weight excluding hydrogens is 272 g/mol. The number of nitrogens with one attached hydrogen (secondary N) is 1. The average molecular weight is 288 g/mol. The number of aromatic nitrogens is 2. The number of hydrogen-bond acceptors (Lipinski definition) is 5. The first-order chi connectivity index (χ1) is 9.74. The van der Waals surface area contributed by atoms with Crippen molar-refractivity contribution < 1.29 is 4.79 Å². The van der Waals surface area contributed by atoms with Gasteiger partial charge < -0.3 is 10.2 Å². The lowest BCUT2D eigenvalue weighted by Gasteiger charge is -2.31. The van der Waals surface area contributed by atoms with Crippen molar-refractivity contribution in [2.24, 2.45) is 0 Å². The molecular formula is C14H16N4OS. The van der Waals surface area contributed by atoms with Gasteiger partial charge in [-0.05, 0) is 19.1 Å². The molecule has 104 valence electrons. The van der Waals surface area contributed by atoms with Crippen LogP contribution in [0.1, 0.15) is 17.4 Å². The van der Waals surface area contributed by atoms with Gasteiger partial charge >= 0.3 is 0 Å². The zero-order valence-corrected chi connectivity index (χ0v) is 12.1. The molecule has 0 aliphatic carbocycles. The fourth-order valence-electron chi connectivity index (χ4n) is 2.26. The number of carbonyl (C=O) groups is 1. The number of hydrogen-bond donors (Lipinski definition) is 1. The Morgan fingerprint density at radius 3 is 3.15 bits per heavy atom. The summed E-state index contributed by atoms with van der Waals surface area (Å²) < 4.78 is 0. The maximum absolute atomic E-state index is 12.4. The first kappa shape index (κ1) is 13.2. The predicted molar refractivity (Wildman–Crippen MR) is 78.7 cm³/mol. The summed E-state index contributed by atoms with van der Waals surface area (Å²) in [4.78, 5) is 23.0. The number of rotatable bonds is 2. The summed E-state index contributed by atoms with van der Waals surface area (Å²) in [6.07, 6.45) is 1.73. The lowest BCUT2D eigenvalue weighted by Crippen LogP contribution is -2.51. The molecule has 1 aliphatic rings. The minimum Gasteiger partial charge on any atom is -0.334 e. The molecule has 5 nitrogen and oxygen atoms in total. The van der Waals surface area contributed by atoms with E-state index in [1.165, 1.54) is 11.3 Å². The van der Waals surface area contributed by atoms with Gasteiger partial charge in [0.25, 0.3) is 5.91 Å². The summed E-state index contributed by atoms with van der Waals surface area (Å²) in [6.45, 7) is 4.39. The number of piperazine rings is 1. The molecule has 2 aromatic rings. The van der Waals surface area contributed by atoms with Gasteiger partial charge in [0, 0.05) is 37.3 Å². The van der Waals surface area contributed by atoms with Crippen LogP contribution in [-0.4, -0.2) is 46.5 Å². The van der Waals surface area contributed by atoms with Crippen LogP contribution in [-0.2, 0) is 0 Å². The average Bonchev–Trinajstić information content (AvgIpc) is 2.97. The van der Waals surface area contributed by atoms with Gasteiger partial charge in [0.2, 0.25) is 0 Å². The van der Waals surface area contributed by atoms with Crippen molar-refractivity contribution >= 4 is 17.2 Å². The highest BCUT2D eigenvalue weighted by atomic mass is 32.1. The van der Waals surface area contributed by atoms with Crippen LogP contribution in [0.15, 0.2) is 29.8 Å². The Morgan fingerprint density at radius 2 is 2.40 bits per heavy atom. The van der Waals surface area contributed by atoms with Gasteiger partial charge in [-0.15, -0.1) is 11.3 Å². The van der Waals surface area contributed by atoms with E-state index < -0.39 is 0 Å². The van der Waals surface area contributed by atoms with Crippen molar-refractivity contribution in [2.75, 3.05) is 19.6 Å². The van der Waals surface area contributed by atoms with Gasteiger partial charge in [0.05, 0.1) is 5.69 Å². The second-order valence-corrected chi connectivity index (χ2v) is 5.72. The molecule has 1 amide bonds. The van der Waals surface area contributed by atoms with Crippen LogP contribution in [0, 0.1) is 0 Å². The molecule has 20 heavy (non-hydrogen) atoms. The molecule has 1 fully saturated rings. The molecule has 3 rings (SSSR count). The van der Waals surface area contributed by atoms with Crippen LogP contribution in [0.4, 0.5) is 0 Å². The van der Waals surface area contributed by atoms with Gasteiger partial charge in [-0.2, -0.15) is 0 Å². The lowest BCUT2D eigenvalue weighted by molar-refractivity contribution is 0.0704. The lowest BCUT2D eigenvalue weighted by atomic mass is 10.2. The maximum atomic E-state index is 12.4. The van der Waals surface area contributed by atoms with Crippen LogP contribution in [0.3, 0.4) is 0 Å². The van der Waals surface area contributed by atoms with Gasteiger partial charge in [-0.25, -0.2) is 4.98 Å². The van der Waals surface area contributed by atoms with E-state index in [1.807, 2.05) is 28.5 Å². The molecule has 1 unspecified atom stereocenters. The molecule has 0 spiro atoms. The van der Waals surface area contributed by atoms with Gasteiger partial charge in [-0.1, -0.05) is 6.07 Å². The third kappa shape index (κ3) is 2.71. The van der Waals surface area contributed by atoms with Crippen LogP contribution in [0.5, 0.6) is 0 Å². The molecule has 6 heteroatoms. The van der Waals surface area contributed by atoms with Crippen molar-refractivity contribution in [3.63, 3.8) is 0 Å². The molecule has 2 aromatic heterocycles. The molecule has 1 atom stereocenters. The van der Waals surface area contributed by atoms with E-state index in [9.17, 15) is 4.79 Å². The third-order valence-electron chi connectivity index (χ3n) is 3.26. The number of nitrogens with zero attached hydrogens (tertiary/aromatic N) is 3. The Bertz CT molecular complexity index is 598. The van der Waals surface area contributed by atoms with E-state index in [0.29, 0.717) is 11.7 Å². The van der Waals surface area contributed by atoms with Crippen LogP contribution >= 0.6 is 11.3 Å². The second-order valence-electron chi connectivity index (χ2n) is 4.86. The minimum absolute atomic E-state index is 0.0109. The van der Waals surface area contributed by atoms with Crippen molar-refractivity contribution in [3.05, 3.63) is 35.5 Å². The van der Waals surface area contributed by atoms with Crippen LogP contribution < -0.4 is 5.32 Å². The van der Waals surface area contributed by atoms with Crippen molar-refractivity contribution in [1.29, 1.82) is 0 Å². The fourth-order valence-corrected chi connectivity index (χ4v) is 3.03. The monoisotopic (exact) mass is 288 g/mol. The van der Waals surface area contributed by atoms with Gasteiger partial charge in [0.1, 0.15) is 10.7 Å². The number of pyridine rings is 1. The fraction of sp³-hybridized carbons (Fsp3) is 0.357. The molecule has 1 aliphatic heterocycles. The first-order valence-corrected chi connectivity index (χ1v) is 7.51. The Hall–Kier alpha value is -1.79. The largest absolute Gasteiger partial charge is 0.334 e. The Kier molecular flexibility index (Phi) is 3.75. The second kappa shape index (κ2) is 5.68. The summed E-state index contributed by atoms with van der Waals surface area (Å²) in [5, 5.41) is 5.94. The highest BCUT2D eigenvalue weighted by Gasteiger charge is 2.23. The zero-order chi connectivity index (χ0) is 13.9. The van der Waals surface area contributed by atoms with E-state index in [0.717, 1.165) is 30.3 Å². The summed E-state index contributed by atoms with van der Waals surface area (Å²) >= 11 is 1.46.